The van der Waals surface area contributed by atoms with Gasteiger partial charge < -0.3 is 11.1 Å². The molecule has 0 aliphatic carbocycles. The van der Waals surface area contributed by atoms with Crippen LogP contribution in [-0.4, -0.2) is 5.91 Å². The van der Waals surface area contributed by atoms with Crippen molar-refractivity contribution in [1.29, 1.82) is 0 Å². The number of benzene rings is 1. The van der Waals surface area contributed by atoms with Crippen LogP contribution >= 0.6 is 22.9 Å². The number of hydrogen-bond donors (Lipinski definition) is 2. The molecule has 0 aliphatic rings. The highest BCUT2D eigenvalue weighted by molar-refractivity contribution is 7.16. The second-order valence-electron chi connectivity index (χ2n) is 5.10. The van der Waals surface area contributed by atoms with Gasteiger partial charge in [-0.25, -0.2) is 0 Å². The van der Waals surface area contributed by atoms with Crippen molar-refractivity contribution in [2.24, 2.45) is 11.7 Å². The maximum atomic E-state index is 12.3. The highest BCUT2D eigenvalue weighted by atomic mass is 35.5. The zero-order valence-electron chi connectivity index (χ0n) is 12.0. The normalized spacial score (nSPS) is 15.2. The summed E-state index contributed by atoms with van der Waals surface area (Å²) in [6.45, 7) is 3.79. The van der Waals surface area contributed by atoms with Gasteiger partial charge >= 0.3 is 0 Å². The Hall–Kier alpha value is -1.36. The zero-order valence-corrected chi connectivity index (χ0v) is 13.6. The number of nitrogens with one attached hydrogen (secondary N) is 1. The molecule has 3 nitrogen and oxygen atoms in total. The first-order chi connectivity index (χ1) is 9.99. The third kappa shape index (κ3) is 4.06. The van der Waals surface area contributed by atoms with Gasteiger partial charge in [0, 0.05) is 10.9 Å². The van der Waals surface area contributed by atoms with Gasteiger partial charge in [-0.1, -0.05) is 48.9 Å². The van der Waals surface area contributed by atoms with Gasteiger partial charge in [-0.15, -0.1) is 11.3 Å². The van der Waals surface area contributed by atoms with Crippen molar-refractivity contribution >= 4 is 28.8 Å². The fourth-order valence-electron chi connectivity index (χ4n) is 2.10. The molecule has 2 rings (SSSR count). The van der Waals surface area contributed by atoms with Gasteiger partial charge in [-0.2, -0.15) is 0 Å². The molecular weight excluding hydrogens is 304 g/mol. The van der Waals surface area contributed by atoms with E-state index in [1.807, 2.05) is 56.3 Å². The molecule has 0 aliphatic heterocycles. The number of carbonyl (C=O) groups is 1. The Morgan fingerprint density at radius 2 is 1.86 bits per heavy atom. The number of thiophene rings is 1. The summed E-state index contributed by atoms with van der Waals surface area (Å²) < 4.78 is 0.722. The van der Waals surface area contributed by atoms with Crippen molar-refractivity contribution in [2.45, 2.75) is 25.9 Å². The van der Waals surface area contributed by atoms with Gasteiger partial charge in [0.25, 0.3) is 0 Å². The molecule has 0 spiro atoms. The molecule has 1 aromatic carbocycles. The average molecular weight is 323 g/mol. The molecule has 0 radical (unpaired) electrons. The van der Waals surface area contributed by atoms with E-state index in [4.69, 9.17) is 17.3 Å². The molecule has 1 aromatic heterocycles. The summed E-state index contributed by atoms with van der Waals surface area (Å²) in [4.78, 5) is 13.4. The summed E-state index contributed by atoms with van der Waals surface area (Å²) in [6, 6.07) is 13.1. The molecule has 5 heteroatoms. The molecule has 3 unspecified atom stereocenters. The Labute approximate surface area is 134 Å². The van der Waals surface area contributed by atoms with Crippen molar-refractivity contribution in [3.8, 4) is 0 Å². The monoisotopic (exact) mass is 322 g/mol. The first kappa shape index (κ1) is 16.0. The van der Waals surface area contributed by atoms with E-state index in [2.05, 4.69) is 5.32 Å². The number of amides is 1. The first-order valence-electron chi connectivity index (χ1n) is 6.85. The molecule has 1 heterocycles. The highest BCUT2D eigenvalue weighted by Crippen LogP contribution is 2.27. The maximum absolute atomic E-state index is 12.3. The summed E-state index contributed by atoms with van der Waals surface area (Å²) in [7, 11) is 0. The van der Waals surface area contributed by atoms with Crippen molar-refractivity contribution in [3.63, 3.8) is 0 Å². The van der Waals surface area contributed by atoms with Crippen LogP contribution < -0.4 is 11.1 Å². The predicted octanol–water partition coefficient (Wildman–Crippen LogP) is 3.91. The smallest absolute Gasteiger partial charge is 0.225 e. The lowest BCUT2D eigenvalue weighted by Gasteiger charge is -2.22. The van der Waals surface area contributed by atoms with Crippen LogP contribution in [0.5, 0.6) is 0 Å². The van der Waals surface area contributed by atoms with E-state index in [0.29, 0.717) is 0 Å². The summed E-state index contributed by atoms with van der Waals surface area (Å²) >= 11 is 7.39. The van der Waals surface area contributed by atoms with Crippen LogP contribution in [0.15, 0.2) is 42.5 Å². The number of nitrogens with two attached hydrogens (primary N) is 1. The predicted molar refractivity (Wildman–Crippen MR) is 88.4 cm³/mol. The Bertz CT molecular complexity index is 599. The van der Waals surface area contributed by atoms with E-state index in [1.165, 1.54) is 11.3 Å². The van der Waals surface area contributed by atoms with Crippen molar-refractivity contribution in [2.75, 3.05) is 0 Å². The zero-order chi connectivity index (χ0) is 15.4. The lowest BCUT2D eigenvalue weighted by molar-refractivity contribution is -0.125. The highest BCUT2D eigenvalue weighted by Gasteiger charge is 2.23. The minimum Gasteiger partial charge on any atom is -0.348 e. The molecule has 3 atom stereocenters. The largest absolute Gasteiger partial charge is 0.348 e. The Balaban J connectivity index is 1.99. The van der Waals surface area contributed by atoms with Crippen LogP contribution in [0.3, 0.4) is 0 Å². The second kappa shape index (κ2) is 7.07. The minimum absolute atomic E-state index is 0.0524. The van der Waals surface area contributed by atoms with E-state index >= 15 is 0 Å². The van der Waals surface area contributed by atoms with Gasteiger partial charge in [0.2, 0.25) is 5.91 Å². The molecule has 112 valence electrons. The summed E-state index contributed by atoms with van der Waals surface area (Å²) in [6.07, 6.45) is 0. The SMILES string of the molecule is CC(NC(=O)C(C)C(N)c1ccccc1)c1ccc(Cl)s1. The minimum atomic E-state index is -0.315. The van der Waals surface area contributed by atoms with Gasteiger partial charge in [-0.05, 0) is 24.6 Å². The molecule has 0 saturated heterocycles. The summed E-state index contributed by atoms with van der Waals surface area (Å²) in [5.74, 6) is -0.353. The van der Waals surface area contributed by atoms with Gasteiger partial charge in [-0.3, -0.25) is 4.79 Å². The Morgan fingerprint density at radius 3 is 2.43 bits per heavy atom. The molecule has 0 fully saturated rings. The quantitative estimate of drug-likeness (QED) is 0.876. The number of rotatable bonds is 5. The van der Waals surface area contributed by atoms with Crippen LogP contribution in [0.25, 0.3) is 0 Å². The molecule has 2 aromatic rings. The number of halogens is 1. The molecular formula is C16H19ClN2OS. The molecule has 21 heavy (non-hydrogen) atoms. The number of hydrogen-bond acceptors (Lipinski definition) is 3. The van der Waals surface area contributed by atoms with Crippen LogP contribution in [0, 0.1) is 5.92 Å². The molecule has 1 amide bonds. The first-order valence-corrected chi connectivity index (χ1v) is 8.04. The fourth-order valence-corrected chi connectivity index (χ4v) is 3.17. The van der Waals surface area contributed by atoms with E-state index in [9.17, 15) is 4.79 Å². The Morgan fingerprint density at radius 1 is 1.19 bits per heavy atom. The van der Waals surface area contributed by atoms with Crippen molar-refractivity contribution in [3.05, 3.63) is 57.2 Å². The fraction of sp³-hybridized carbons (Fsp3) is 0.312. The van der Waals surface area contributed by atoms with Crippen molar-refractivity contribution < 1.29 is 4.79 Å². The third-order valence-corrected chi connectivity index (χ3v) is 4.93. The van der Waals surface area contributed by atoms with Crippen molar-refractivity contribution in [1.82, 2.24) is 5.32 Å². The third-order valence-electron chi connectivity index (χ3n) is 3.52. The molecule has 0 saturated carbocycles. The lowest BCUT2D eigenvalue weighted by atomic mass is 9.94. The van der Waals surface area contributed by atoms with E-state index in [1.54, 1.807) is 0 Å². The average Bonchev–Trinajstić information content (AvgIpc) is 2.93. The van der Waals surface area contributed by atoms with Gasteiger partial charge in [0.15, 0.2) is 0 Å². The topological polar surface area (TPSA) is 55.1 Å². The molecule has 3 N–H and O–H groups in total. The van der Waals surface area contributed by atoms with Crippen LogP contribution in [0.2, 0.25) is 4.34 Å². The lowest BCUT2D eigenvalue weighted by Crippen LogP contribution is -2.36. The van der Waals surface area contributed by atoms with E-state index in [0.717, 1.165) is 14.8 Å². The molecule has 0 bridgehead atoms. The van der Waals surface area contributed by atoms with Crippen LogP contribution in [0.4, 0.5) is 0 Å². The maximum Gasteiger partial charge on any atom is 0.225 e. The van der Waals surface area contributed by atoms with Crippen LogP contribution in [0.1, 0.15) is 36.4 Å². The van der Waals surface area contributed by atoms with Gasteiger partial charge in [0.1, 0.15) is 0 Å². The van der Waals surface area contributed by atoms with Gasteiger partial charge in [0.05, 0.1) is 16.3 Å². The van der Waals surface area contributed by atoms with E-state index in [-0.39, 0.29) is 23.9 Å². The number of carbonyl (C=O) groups excluding carboxylic acids is 1. The Kier molecular flexibility index (Phi) is 5.39. The summed E-state index contributed by atoms with van der Waals surface area (Å²) in [5.41, 5.74) is 7.14. The summed E-state index contributed by atoms with van der Waals surface area (Å²) in [5, 5.41) is 2.99. The van der Waals surface area contributed by atoms with E-state index < -0.39 is 0 Å². The van der Waals surface area contributed by atoms with Crippen LogP contribution in [-0.2, 0) is 4.79 Å². The standard InChI is InChI=1S/C16H19ClN2OS/c1-10(15(18)12-6-4-3-5-7-12)16(20)19-11(2)13-8-9-14(17)21-13/h3-11,15H,18H2,1-2H3,(H,19,20). The second-order valence-corrected chi connectivity index (χ2v) is 6.84.